The van der Waals surface area contributed by atoms with E-state index in [9.17, 15) is 4.79 Å². The van der Waals surface area contributed by atoms with Gasteiger partial charge in [0.2, 0.25) is 5.91 Å². The van der Waals surface area contributed by atoms with Gasteiger partial charge in [-0.25, -0.2) is 4.98 Å². The van der Waals surface area contributed by atoms with Crippen LogP contribution in [0.5, 0.6) is 0 Å². The molecule has 1 amide bonds. The summed E-state index contributed by atoms with van der Waals surface area (Å²) in [5.74, 6) is 0.531. The maximum absolute atomic E-state index is 10.7. The van der Waals surface area contributed by atoms with Crippen LogP contribution in [0, 0.1) is 22.7 Å². The van der Waals surface area contributed by atoms with E-state index < -0.39 is 0 Å². The van der Waals surface area contributed by atoms with Crippen molar-refractivity contribution in [1.29, 1.82) is 10.5 Å². The topological polar surface area (TPSA) is 119 Å². The Morgan fingerprint density at radius 1 is 1.19 bits per heavy atom. The standard InChI is InChI=1S/C13H15N3O.C11H13N3/c14-9-10-1-3-11(4-2-10)13(6-7-13)16-8-5-12(15)17;1-4-9(2)14(3)11-6-5-10(7-12)8-13-11/h1-4,16H,5-8H2,(H2,15,17);5-6,8H,2,4H2,1,3H3. The molecule has 0 atom stereocenters. The minimum Gasteiger partial charge on any atom is -0.370 e. The molecule has 1 saturated carbocycles. The molecule has 1 fully saturated rings. The van der Waals surface area contributed by atoms with Gasteiger partial charge in [-0.15, -0.1) is 0 Å². The third-order valence-corrected chi connectivity index (χ3v) is 5.25. The number of carbonyl (C=O) groups excluding carboxylic acids is 1. The van der Waals surface area contributed by atoms with Crippen LogP contribution in [0.15, 0.2) is 54.9 Å². The number of amides is 1. The minimum atomic E-state index is -0.284. The van der Waals surface area contributed by atoms with E-state index in [2.05, 4.69) is 22.9 Å². The zero-order valence-electron chi connectivity index (χ0n) is 18.1. The first-order valence-electron chi connectivity index (χ1n) is 10.2. The molecule has 1 aromatic heterocycles. The van der Waals surface area contributed by atoms with Gasteiger partial charge in [-0.05, 0) is 49.1 Å². The number of nitrogens with two attached hydrogens (primary N) is 1. The van der Waals surface area contributed by atoms with Crippen molar-refractivity contribution < 1.29 is 4.79 Å². The number of nitriles is 2. The number of carbonyl (C=O) groups is 1. The van der Waals surface area contributed by atoms with Gasteiger partial charge in [0.1, 0.15) is 11.9 Å². The van der Waals surface area contributed by atoms with E-state index in [4.69, 9.17) is 16.3 Å². The van der Waals surface area contributed by atoms with Crippen molar-refractivity contribution in [3.05, 3.63) is 71.6 Å². The van der Waals surface area contributed by atoms with Gasteiger partial charge in [0.15, 0.2) is 0 Å². The van der Waals surface area contributed by atoms with Gasteiger partial charge in [-0.3, -0.25) is 4.79 Å². The molecule has 0 radical (unpaired) electrons. The minimum absolute atomic E-state index is 0.00341. The fourth-order valence-corrected chi connectivity index (χ4v) is 3.03. The average Bonchev–Trinajstić information content (AvgIpc) is 3.59. The van der Waals surface area contributed by atoms with Crippen molar-refractivity contribution >= 4 is 11.7 Å². The molecule has 0 bridgehead atoms. The van der Waals surface area contributed by atoms with Gasteiger partial charge >= 0.3 is 0 Å². The Balaban J connectivity index is 0.000000225. The van der Waals surface area contributed by atoms with E-state index in [1.165, 1.54) is 5.56 Å². The van der Waals surface area contributed by atoms with Crippen molar-refractivity contribution in [2.75, 3.05) is 18.5 Å². The Morgan fingerprint density at radius 3 is 2.26 bits per heavy atom. The molecule has 31 heavy (non-hydrogen) atoms. The first kappa shape index (κ1) is 23.6. The van der Waals surface area contributed by atoms with Crippen LogP contribution < -0.4 is 16.0 Å². The molecule has 1 heterocycles. The Bertz CT molecular complexity index is 979. The van der Waals surface area contributed by atoms with Gasteiger partial charge < -0.3 is 16.0 Å². The molecule has 3 N–H and O–H groups in total. The summed E-state index contributed by atoms with van der Waals surface area (Å²) in [6.45, 7) is 6.56. The Morgan fingerprint density at radius 2 is 1.81 bits per heavy atom. The van der Waals surface area contributed by atoms with Gasteiger partial charge in [0.05, 0.1) is 17.2 Å². The molecule has 0 unspecified atom stereocenters. The van der Waals surface area contributed by atoms with Crippen LogP contribution in [0.2, 0.25) is 0 Å². The first-order chi connectivity index (χ1) is 14.8. The second-order valence-electron chi connectivity index (χ2n) is 7.41. The normalized spacial score (nSPS) is 13.0. The fraction of sp³-hybridized carbons (Fsp3) is 0.333. The Kier molecular flexibility index (Phi) is 8.31. The number of pyridine rings is 1. The predicted octanol–water partition coefficient (Wildman–Crippen LogP) is 3.33. The highest BCUT2D eigenvalue weighted by molar-refractivity contribution is 5.73. The summed E-state index contributed by atoms with van der Waals surface area (Å²) in [6.07, 6.45) is 4.94. The summed E-state index contributed by atoms with van der Waals surface area (Å²) in [6, 6.07) is 15.3. The third-order valence-electron chi connectivity index (χ3n) is 5.25. The van der Waals surface area contributed by atoms with Crippen molar-refractivity contribution in [1.82, 2.24) is 10.3 Å². The van der Waals surface area contributed by atoms with E-state index in [0.29, 0.717) is 24.1 Å². The second kappa shape index (κ2) is 10.9. The number of hydrogen-bond acceptors (Lipinski definition) is 6. The maximum atomic E-state index is 10.7. The van der Waals surface area contributed by atoms with Crippen molar-refractivity contribution in [2.24, 2.45) is 5.73 Å². The molecule has 2 aromatic rings. The zero-order valence-corrected chi connectivity index (χ0v) is 18.1. The van der Waals surface area contributed by atoms with Crippen LogP contribution >= 0.6 is 0 Å². The zero-order chi connectivity index (χ0) is 22.9. The van der Waals surface area contributed by atoms with Crippen LogP contribution in [0.25, 0.3) is 0 Å². The van der Waals surface area contributed by atoms with Crippen LogP contribution in [-0.4, -0.2) is 24.5 Å². The van der Waals surface area contributed by atoms with Gasteiger partial charge in [-0.2, -0.15) is 10.5 Å². The number of benzene rings is 1. The predicted molar refractivity (Wildman–Crippen MR) is 121 cm³/mol. The molecular weight excluding hydrogens is 388 g/mol. The molecular formula is C24H28N6O. The molecule has 7 heteroatoms. The van der Waals surface area contributed by atoms with E-state index in [1.807, 2.05) is 55.3 Å². The highest BCUT2D eigenvalue weighted by Crippen LogP contribution is 2.45. The Hall–Kier alpha value is -3.68. The third kappa shape index (κ3) is 6.67. The number of primary amides is 1. The molecule has 160 valence electrons. The molecule has 0 saturated heterocycles. The van der Waals surface area contributed by atoms with Crippen molar-refractivity contribution in [2.45, 2.75) is 38.1 Å². The molecule has 0 spiro atoms. The SMILES string of the molecule is C=C(CC)N(C)c1ccc(C#N)cn1.N#Cc1ccc(C2(NCCC(N)=O)CC2)cc1. The quantitative estimate of drug-likeness (QED) is 0.681. The molecule has 3 rings (SSSR count). The maximum Gasteiger partial charge on any atom is 0.218 e. The van der Waals surface area contributed by atoms with Crippen LogP contribution in [0.4, 0.5) is 5.82 Å². The molecule has 0 aliphatic heterocycles. The lowest BCUT2D eigenvalue weighted by Gasteiger charge is -2.19. The second-order valence-corrected chi connectivity index (χ2v) is 7.41. The lowest BCUT2D eigenvalue weighted by Crippen LogP contribution is -2.32. The van der Waals surface area contributed by atoms with Crippen LogP contribution in [0.3, 0.4) is 0 Å². The summed E-state index contributed by atoms with van der Waals surface area (Å²) in [7, 11) is 1.92. The summed E-state index contributed by atoms with van der Waals surface area (Å²) in [5.41, 5.74) is 8.53. The highest BCUT2D eigenvalue weighted by Gasteiger charge is 2.43. The van der Waals surface area contributed by atoms with E-state index in [1.54, 1.807) is 12.3 Å². The van der Waals surface area contributed by atoms with Crippen LogP contribution in [0.1, 0.15) is 49.3 Å². The average molecular weight is 417 g/mol. The van der Waals surface area contributed by atoms with Crippen LogP contribution in [-0.2, 0) is 10.3 Å². The number of allylic oxidation sites excluding steroid dienone is 1. The van der Waals surface area contributed by atoms with E-state index in [0.717, 1.165) is 30.8 Å². The lowest BCUT2D eigenvalue weighted by molar-refractivity contribution is -0.117. The van der Waals surface area contributed by atoms with Gasteiger partial charge in [0.25, 0.3) is 0 Å². The van der Waals surface area contributed by atoms with E-state index in [-0.39, 0.29) is 11.4 Å². The van der Waals surface area contributed by atoms with Gasteiger partial charge in [-0.1, -0.05) is 25.6 Å². The first-order valence-corrected chi connectivity index (χ1v) is 10.2. The number of anilines is 1. The molecule has 1 aliphatic rings. The smallest absolute Gasteiger partial charge is 0.218 e. The van der Waals surface area contributed by atoms with Gasteiger partial charge in [0, 0.05) is 37.4 Å². The summed E-state index contributed by atoms with van der Waals surface area (Å²) >= 11 is 0. The summed E-state index contributed by atoms with van der Waals surface area (Å²) in [4.78, 5) is 16.8. The lowest BCUT2D eigenvalue weighted by atomic mass is 10.0. The largest absolute Gasteiger partial charge is 0.370 e. The molecule has 1 aliphatic carbocycles. The number of rotatable bonds is 8. The fourth-order valence-electron chi connectivity index (χ4n) is 3.03. The summed E-state index contributed by atoms with van der Waals surface area (Å²) < 4.78 is 0. The summed E-state index contributed by atoms with van der Waals surface area (Å²) in [5, 5.41) is 20.7. The number of hydrogen-bond donors (Lipinski definition) is 2. The monoisotopic (exact) mass is 416 g/mol. The number of aromatic nitrogens is 1. The highest BCUT2D eigenvalue weighted by atomic mass is 16.1. The van der Waals surface area contributed by atoms with Crippen molar-refractivity contribution in [3.8, 4) is 12.1 Å². The molecule has 1 aromatic carbocycles. The molecule has 7 nitrogen and oxygen atoms in total. The number of nitrogens with zero attached hydrogens (tertiary/aromatic N) is 4. The number of nitrogens with one attached hydrogen (secondary N) is 1. The van der Waals surface area contributed by atoms with E-state index >= 15 is 0 Å². The Labute approximate surface area is 183 Å². The van der Waals surface area contributed by atoms with Crippen molar-refractivity contribution in [3.63, 3.8) is 0 Å².